The molecule has 2 atom stereocenters. The number of aromatic nitrogens is 1. The molecule has 1 aromatic carbocycles. The van der Waals surface area contributed by atoms with Crippen molar-refractivity contribution >= 4 is 22.4 Å². The lowest BCUT2D eigenvalue weighted by Crippen LogP contribution is -2.03. The molecule has 1 saturated carbocycles. The molecule has 1 heterocycles. The van der Waals surface area contributed by atoms with E-state index in [4.69, 9.17) is 5.11 Å². The van der Waals surface area contributed by atoms with Crippen LogP contribution >= 0.6 is 11.3 Å². The van der Waals surface area contributed by atoms with Gasteiger partial charge in [-0.25, -0.2) is 9.78 Å². The average molecular weight is 260 g/mol. The summed E-state index contributed by atoms with van der Waals surface area (Å²) in [5, 5.41) is 12.8. The lowest BCUT2D eigenvalue weighted by Gasteiger charge is -2.01. The zero-order valence-corrected chi connectivity index (χ0v) is 10.4. The summed E-state index contributed by atoms with van der Waals surface area (Å²) in [5.41, 5.74) is 1.32. The molecule has 92 valence electrons. The van der Waals surface area contributed by atoms with Gasteiger partial charge in [0.05, 0.1) is 6.20 Å². The van der Waals surface area contributed by atoms with Crippen molar-refractivity contribution in [3.05, 3.63) is 47.0 Å². The number of hydrogen-bond donors (Lipinski definition) is 2. The van der Waals surface area contributed by atoms with Crippen molar-refractivity contribution < 1.29 is 9.90 Å². The van der Waals surface area contributed by atoms with Gasteiger partial charge in [-0.15, -0.1) is 0 Å². The van der Waals surface area contributed by atoms with Gasteiger partial charge in [-0.2, -0.15) is 0 Å². The molecule has 18 heavy (non-hydrogen) atoms. The van der Waals surface area contributed by atoms with E-state index >= 15 is 0 Å². The molecule has 3 rings (SSSR count). The number of rotatable bonds is 4. The summed E-state index contributed by atoms with van der Waals surface area (Å²) >= 11 is 1.18. The maximum Gasteiger partial charge on any atom is 0.347 e. The smallest absolute Gasteiger partial charge is 0.347 e. The minimum absolute atomic E-state index is 0.273. The summed E-state index contributed by atoms with van der Waals surface area (Å²) in [6, 6.07) is 10.7. The van der Waals surface area contributed by atoms with Crippen LogP contribution in [-0.4, -0.2) is 22.1 Å². The van der Waals surface area contributed by atoms with Crippen LogP contribution in [0.25, 0.3) is 0 Å². The Balaban J connectivity index is 1.64. The number of nitrogens with one attached hydrogen (secondary N) is 1. The highest BCUT2D eigenvalue weighted by molar-refractivity contribution is 7.17. The van der Waals surface area contributed by atoms with Crippen LogP contribution in [-0.2, 0) is 0 Å². The number of anilines is 1. The van der Waals surface area contributed by atoms with Gasteiger partial charge < -0.3 is 10.4 Å². The fourth-order valence-corrected chi connectivity index (χ4v) is 2.74. The van der Waals surface area contributed by atoms with E-state index in [1.54, 1.807) is 0 Å². The topological polar surface area (TPSA) is 62.2 Å². The highest BCUT2D eigenvalue weighted by atomic mass is 32.1. The van der Waals surface area contributed by atoms with Crippen LogP contribution in [0.1, 0.15) is 27.6 Å². The Morgan fingerprint density at radius 1 is 1.39 bits per heavy atom. The maximum atomic E-state index is 10.7. The number of aromatic carboxylic acids is 1. The van der Waals surface area contributed by atoms with Crippen molar-refractivity contribution in [1.82, 2.24) is 4.98 Å². The van der Waals surface area contributed by atoms with Crippen molar-refractivity contribution in [1.29, 1.82) is 0 Å². The van der Waals surface area contributed by atoms with E-state index in [9.17, 15) is 4.79 Å². The first-order chi connectivity index (χ1) is 8.74. The van der Waals surface area contributed by atoms with Crippen LogP contribution in [0.5, 0.6) is 0 Å². The molecule has 2 unspecified atom stereocenters. The fourth-order valence-electron chi connectivity index (χ4n) is 2.02. The molecule has 0 radical (unpaired) electrons. The van der Waals surface area contributed by atoms with Gasteiger partial charge in [0, 0.05) is 12.0 Å². The normalized spacial score (nSPS) is 21.6. The summed E-state index contributed by atoms with van der Waals surface area (Å²) in [7, 11) is 0. The minimum Gasteiger partial charge on any atom is -0.477 e. The maximum absolute atomic E-state index is 10.7. The standard InChI is InChI=1S/C13H12N2O2S/c16-12(17)11-7-14-13(18-11)15-10-6-9(10)8-4-2-1-3-5-8/h1-5,7,9-10H,6H2,(H,14,15)(H,16,17). The van der Waals surface area contributed by atoms with E-state index in [0.29, 0.717) is 17.1 Å². The van der Waals surface area contributed by atoms with E-state index < -0.39 is 5.97 Å². The highest BCUT2D eigenvalue weighted by Crippen LogP contribution is 2.43. The molecule has 1 aliphatic rings. The Morgan fingerprint density at radius 2 is 2.17 bits per heavy atom. The first-order valence-electron chi connectivity index (χ1n) is 5.74. The summed E-state index contributed by atoms with van der Waals surface area (Å²) < 4.78 is 0. The zero-order chi connectivity index (χ0) is 12.5. The molecule has 1 fully saturated rings. The molecule has 0 bridgehead atoms. The summed E-state index contributed by atoms with van der Waals surface area (Å²) in [6.07, 6.45) is 2.47. The van der Waals surface area contributed by atoms with Gasteiger partial charge in [0.25, 0.3) is 0 Å². The summed E-state index contributed by atoms with van der Waals surface area (Å²) in [6.45, 7) is 0. The first kappa shape index (κ1) is 11.2. The zero-order valence-electron chi connectivity index (χ0n) is 9.54. The van der Waals surface area contributed by atoms with Gasteiger partial charge in [0.15, 0.2) is 5.13 Å². The SMILES string of the molecule is O=C(O)c1cnc(NC2CC2c2ccccc2)s1. The number of carbonyl (C=O) groups is 1. The predicted octanol–water partition coefficient (Wildman–Crippen LogP) is 2.81. The Hall–Kier alpha value is -1.88. The molecule has 2 N–H and O–H groups in total. The van der Waals surface area contributed by atoms with Gasteiger partial charge in [-0.1, -0.05) is 41.7 Å². The van der Waals surface area contributed by atoms with Crippen LogP contribution < -0.4 is 5.32 Å². The molecule has 0 spiro atoms. The Labute approximate surface area is 108 Å². The lowest BCUT2D eigenvalue weighted by molar-refractivity contribution is 0.0702. The Bertz CT molecular complexity index is 567. The van der Waals surface area contributed by atoms with E-state index in [1.807, 2.05) is 18.2 Å². The molecule has 0 amide bonds. The predicted molar refractivity (Wildman–Crippen MR) is 70.3 cm³/mol. The van der Waals surface area contributed by atoms with E-state index in [-0.39, 0.29) is 4.88 Å². The third-order valence-corrected chi connectivity index (χ3v) is 3.96. The second kappa shape index (κ2) is 4.42. The van der Waals surface area contributed by atoms with Crippen LogP contribution in [0.15, 0.2) is 36.5 Å². The van der Waals surface area contributed by atoms with E-state index in [2.05, 4.69) is 22.4 Å². The molecule has 1 aromatic heterocycles. The number of carboxylic acids is 1. The van der Waals surface area contributed by atoms with Gasteiger partial charge in [0.1, 0.15) is 4.88 Å². The van der Waals surface area contributed by atoms with Gasteiger partial charge >= 0.3 is 5.97 Å². The number of hydrogen-bond acceptors (Lipinski definition) is 4. The number of benzene rings is 1. The third kappa shape index (κ3) is 2.22. The number of nitrogens with zero attached hydrogens (tertiary/aromatic N) is 1. The van der Waals surface area contributed by atoms with Crippen LogP contribution in [0.3, 0.4) is 0 Å². The Kier molecular flexibility index (Phi) is 2.76. The largest absolute Gasteiger partial charge is 0.477 e. The molecule has 0 saturated heterocycles. The fraction of sp³-hybridized carbons (Fsp3) is 0.231. The van der Waals surface area contributed by atoms with Crippen molar-refractivity contribution in [3.63, 3.8) is 0 Å². The lowest BCUT2D eigenvalue weighted by atomic mass is 10.1. The van der Waals surface area contributed by atoms with Crippen molar-refractivity contribution in [2.75, 3.05) is 5.32 Å². The molecule has 1 aliphatic carbocycles. The van der Waals surface area contributed by atoms with Crippen LogP contribution in [0.4, 0.5) is 5.13 Å². The molecule has 5 heteroatoms. The molecule has 2 aromatic rings. The van der Waals surface area contributed by atoms with Crippen molar-refractivity contribution in [3.8, 4) is 0 Å². The second-order valence-corrected chi connectivity index (χ2v) is 5.37. The second-order valence-electron chi connectivity index (χ2n) is 4.34. The van der Waals surface area contributed by atoms with Crippen molar-refractivity contribution in [2.24, 2.45) is 0 Å². The number of carboxylic acid groups (broad SMARTS) is 1. The van der Waals surface area contributed by atoms with E-state index in [1.165, 1.54) is 23.1 Å². The van der Waals surface area contributed by atoms with Gasteiger partial charge in [-0.05, 0) is 12.0 Å². The Morgan fingerprint density at radius 3 is 2.83 bits per heavy atom. The van der Waals surface area contributed by atoms with E-state index in [0.717, 1.165) is 6.42 Å². The van der Waals surface area contributed by atoms with Gasteiger partial charge in [0.2, 0.25) is 0 Å². The number of thiazole rings is 1. The molecule has 0 aliphatic heterocycles. The van der Waals surface area contributed by atoms with Crippen molar-refractivity contribution in [2.45, 2.75) is 18.4 Å². The van der Waals surface area contributed by atoms with Gasteiger partial charge in [-0.3, -0.25) is 0 Å². The summed E-state index contributed by atoms with van der Waals surface area (Å²) in [4.78, 5) is 15.1. The summed E-state index contributed by atoms with van der Waals surface area (Å²) in [5.74, 6) is -0.403. The minimum atomic E-state index is -0.920. The average Bonchev–Trinajstić information content (AvgIpc) is 2.97. The van der Waals surface area contributed by atoms with Crippen LogP contribution in [0, 0.1) is 0 Å². The highest BCUT2D eigenvalue weighted by Gasteiger charge is 2.38. The molecular formula is C13H12N2O2S. The molecular weight excluding hydrogens is 248 g/mol. The first-order valence-corrected chi connectivity index (χ1v) is 6.56. The van der Waals surface area contributed by atoms with Crippen LogP contribution in [0.2, 0.25) is 0 Å². The molecule has 4 nitrogen and oxygen atoms in total. The third-order valence-electron chi connectivity index (χ3n) is 3.04. The quantitative estimate of drug-likeness (QED) is 0.887. The monoisotopic (exact) mass is 260 g/mol.